The summed E-state index contributed by atoms with van der Waals surface area (Å²) in [5.74, 6) is 4.96. The lowest BCUT2D eigenvalue weighted by molar-refractivity contribution is 0.0108. The largest absolute Gasteiger partial charge is 0.393 e. The van der Waals surface area contributed by atoms with Gasteiger partial charge in [0, 0.05) is 0 Å². The summed E-state index contributed by atoms with van der Waals surface area (Å²) in [6.45, 7) is -0.0967. The maximum atomic E-state index is 8.77. The van der Waals surface area contributed by atoms with Crippen LogP contribution in [0.3, 0.4) is 0 Å². The van der Waals surface area contributed by atoms with Crippen LogP contribution in [0.5, 0.6) is 0 Å². The van der Waals surface area contributed by atoms with E-state index in [1.54, 1.807) is 0 Å². The Morgan fingerprint density at radius 1 is 1.36 bits per heavy atom. The lowest BCUT2D eigenvalue weighted by Gasteiger charge is -2.10. The molecule has 1 aromatic carbocycles. The van der Waals surface area contributed by atoms with E-state index in [-0.39, 0.29) is 6.61 Å². The molecule has 1 rings (SSSR count). The quantitative estimate of drug-likeness (QED) is 0.625. The second-order valence-electron chi connectivity index (χ2n) is 2.22. The molecule has 0 fully saturated rings. The molecular formula is C8H11NO2. The van der Waals surface area contributed by atoms with Gasteiger partial charge in [-0.05, 0) is 5.56 Å². The first-order valence-corrected chi connectivity index (χ1v) is 3.40. The molecule has 0 spiro atoms. The Morgan fingerprint density at radius 2 is 2.00 bits per heavy atom. The summed E-state index contributed by atoms with van der Waals surface area (Å²) in [5.41, 5.74) is 0.887. The van der Waals surface area contributed by atoms with Gasteiger partial charge in [-0.15, -0.1) is 0 Å². The van der Waals surface area contributed by atoms with Gasteiger partial charge in [0.15, 0.2) is 0 Å². The normalized spacial score (nSPS) is 12.9. The van der Waals surface area contributed by atoms with Gasteiger partial charge in [-0.25, -0.2) is 5.90 Å². The topological polar surface area (TPSA) is 55.5 Å². The van der Waals surface area contributed by atoms with Crippen molar-refractivity contribution >= 4 is 0 Å². The average molecular weight is 153 g/mol. The first-order chi connectivity index (χ1) is 5.38. The first-order valence-electron chi connectivity index (χ1n) is 3.40. The van der Waals surface area contributed by atoms with Crippen molar-refractivity contribution in [3.05, 3.63) is 35.9 Å². The number of nitrogens with two attached hydrogens (primary N) is 1. The Hall–Kier alpha value is -0.900. The van der Waals surface area contributed by atoms with Gasteiger partial charge in [0.25, 0.3) is 0 Å². The Labute approximate surface area is 65.4 Å². The highest BCUT2D eigenvalue weighted by molar-refractivity contribution is 5.17. The fourth-order valence-electron chi connectivity index (χ4n) is 0.895. The third-order valence-electron chi connectivity index (χ3n) is 1.50. The third kappa shape index (κ3) is 2.01. The van der Waals surface area contributed by atoms with Crippen LogP contribution in [0, 0.1) is 0 Å². The zero-order valence-corrected chi connectivity index (χ0v) is 6.10. The second kappa shape index (κ2) is 4.08. The van der Waals surface area contributed by atoms with Gasteiger partial charge in [-0.1, -0.05) is 30.3 Å². The van der Waals surface area contributed by atoms with Gasteiger partial charge in [-0.3, -0.25) is 4.84 Å². The standard InChI is InChI=1S/C8H11NO2/c9-11-8(6-10)7-4-2-1-3-5-7/h1-5,8,10H,6,9H2. The fourth-order valence-corrected chi connectivity index (χ4v) is 0.895. The van der Waals surface area contributed by atoms with Crippen LogP contribution in [0.2, 0.25) is 0 Å². The van der Waals surface area contributed by atoms with Crippen molar-refractivity contribution in [2.45, 2.75) is 6.10 Å². The Morgan fingerprint density at radius 3 is 2.45 bits per heavy atom. The van der Waals surface area contributed by atoms with Crippen LogP contribution < -0.4 is 5.90 Å². The lowest BCUT2D eigenvalue weighted by atomic mass is 10.1. The van der Waals surface area contributed by atoms with Crippen LogP contribution >= 0.6 is 0 Å². The highest BCUT2D eigenvalue weighted by atomic mass is 16.6. The zero-order chi connectivity index (χ0) is 8.10. The van der Waals surface area contributed by atoms with E-state index < -0.39 is 6.10 Å². The summed E-state index contributed by atoms with van der Waals surface area (Å²) in [4.78, 5) is 4.54. The van der Waals surface area contributed by atoms with Gasteiger partial charge < -0.3 is 5.11 Å². The van der Waals surface area contributed by atoms with Crippen molar-refractivity contribution < 1.29 is 9.94 Å². The summed E-state index contributed by atoms with van der Waals surface area (Å²) in [6.07, 6.45) is -0.406. The van der Waals surface area contributed by atoms with E-state index in [2.05, 4.69) is 4.84 Å². The Kier molecular flexibility index (Phi) is 3.04. The summed E-state index contributed by atoms with van der Waals surface area (Å²) < 4.78 is 0. The molecule has 3 N–H and O–H groups in total. The molecule has 0 aromatic heterocycles. The van der Waals surface area contributed by atoms with Crippen molar-refractivity contribution in [1.29, 1.82) is 0 Å². The van der Waals surface area contributed by atoms with Gasteiger partial charge in [-0.2, -0.15) is 0 Å². The minimum absolute atomic E-state index is 0.0967. The van der Waals surface area contributed by atoms with Crippen molar-refractivity contribution in [2.24, 2.45) is 5.90 Å². The summed E-state index contributed by atoms with van der Waals surface area (Å²) in [7, 11) is 0. The van der Waals surface area contributed by atoms with Crippen molar-refractivity contribution in [3.8, 4) is 0 Å². The molecule has 0 aliphatic carbocycles. The molecule has 0 radical (unpaired) electrons. The van der Waals surface area contributed by atoms with Gasteiger partial charge in [0.05, 0.1) is 6.61 Å². The van der Waals surface area contributed by atoms with E-state index >= 15 is 0 Å². The molecule has 0 bridgehead atoms. The van der Waals surface area contributed by atoms with Crippen LogP contribution in [-0.4, -0.2) is 11.7 Å². The minimum atomic E-state index is -0.406. The molecule has 60 valence electrons. The number of aliphatic hydroxyl groups excluding tert-OH is 1. The van der Waals surface area contributed by atoms with E-state index in [9.17, 15) is 0 Å². The molecule has 0 saturated carbocycles. The fraction of sp³-hybridized carbons (Fsp3) is 0.250. The van der Waals surface area contributed by atoms with Crippen molar-refractivity contribution in [1.82, 2.24) is 0 Å². The van der Waals surface area contributed by atoms with E-state index in [4.69, 9.17) is 11.0 Å². The number of benzene rings is 1. The molecule has 1 unspecified atom stereocenters. The SMILES string of the molecule is NOC(CO)c1ccccc1. The molecule has 3 heteroatoms. The minimum Gasteiger partial charge on any atom is -0.393 e. The molecule has 0 aliphatic heterocycles. The lowest BCUT2D eigenvalue weighted by Crippen LogP contribution is -2.12. The summed E-state index contributed by atoms with van der Waals surface area (Å²) in [6, 6.07) is 9.35. The van der Waals surface area contributed by atoms with Crippen molar-refractivity contribution in [3.63, 3.8) is 0 Å². The van der Waals surface area contributed by atoms with E-state index in [0.29, 0.717) is 0 Å². The molecule has 0 saturated heterocycles. The van der Waals surface area contributed by atoms with Crippen LogP contribution in [0.15, 0.2) is 30.3 Å². The van der Waals surface area contributed by atoms with Crippen LogP contribution in [0.1, 0.15) is 11.7 Å². The summed E-state index contributed by atoms with van der Waals surface area (Å²) >= 11 is 0. The van der Waals surface area contributed by atoms with E-state index in [0.717, 1.165) is 5.56 Å². The maximum Gasteiger partial charge on any atom is 0.127 e. The van der Waals surface area contributed by atoms with Gasteiger partial charge in [0.2, 0.25) is 0 Å². The second-order valence-corrected chi connectivity index (χ2v) is 2.22. The third-order valence-corrected chi connectivity index (χ3v) is 1.50. The van der Waals surface area contributed by atoms with E-state index in [1.807, 2.05) is 30.3 Å². The maximum absolute atomic E-state index is 8.77. The molecule has 11 heavy (non-hydrogen) atoms. The Bertz CT molecular complexity index is 197. The summed E-state index contributed by atoms with van der Waals surface area (Å²) in [5, 5.41) is 8.77. The number of hydrogen-bond donors (Lipinski definition) is 2. The van der Waals surface area contributed by atoms with Crippen LogP contribution in [0.25, 0.3) is 0 Å². The number of aliphatic hydroxyl groups is 1. The highest BCUT2D eigenvalue weighted by Crippen LogP contribution is 2.13. The zero-order valence-electron chi connectivity index (χ0n) is 6.10. The molecule has 1 aromatic rings. The molecule has 0 heterocycles. The average Bonchev–Trinajstić information content (AvgIpc) is 2.09. The predicted octanol–water partition coefficient (Wildman–Crippen LogP) is 0.610. The van der Waals surface area contributed by atoms with Gasteiger partial charge >= 0.3 is 0 Å². The predicted molar refractivity (Wildman–Crippen MR) is 41.5 cm³/mol. The molecule has 1 atom stereocenters. The Balaban J connectivity index is 2.74. The number of rotatable bonds is 3. The molecular weight excluding hydrogens is 142 g/mol. The number of hydrogen-bond acceptors (Lipinski definition) is 3. The molecule has 0 aliphatic rings. The van der Waals surface area contributed by atoms with Crippen molar-refractivity contribution in [2.75, 3.05) is 6.61 Å². The smallest absolute Gasteiger partial charge is 0.127 e. The van der Waals surface area contributed by atoms with Crippen LogP contribution in [0.4, 0.5) is 0 Å². The van der Waals surface area contributed by atoms with E-state index in [1.165, 1.54) is 0 Å². The monoisotopic (exact) mass is 153 g/mol. The first kappa shape index (κ1) is 8.20. The van der Waals surface area contributed by atoms with Crippen LogP contribution in [-0.2, 0) is 4.84 Å². The van der Waals surface area contributed by atoms with Gasteiger partial charge in [0.1, 0.15) is 6.10 Å². The molecule has 3 nitrogen and oxygen atoms in total. The molecule has 0 amide bonds. The highest BCUT2D eigenvalue weighted by Gasteiger charge is 2.07.